The fourth-order valence-electron chi connectivity index (χ4n) is 2.01. The molecule has 1 amide bonds. The molecular weight excluding hydrogens is 272 g/mol. The maximum Gasteiger partial charge on any atom is 0.220 e. The monoisotopic (exact) mass is 296 g/mol. The minimum Gasteiger partial charge on any atom is -0.395 e. The zero-order valence-corrected chi connectivity index (χ0v) is 12.9. The number of hydrogen-bond acceptors (Lipinski definition) is 4. The number of carbonyl (C=O) groups excluding carboxylic acids is 1. The van der Waals surface area contributed by atoms with E-state index in [1.807, 2.05) is 43.5 Å². The third-order valence-corrected chi connectivity index (χ3v) is 4.50. The Morgan fingerprint density at radius 2 is 2.05 bits per heavy atom. The van der Waals surface area contributed by atoms with Crippen molar-refractivity contribution in [1.29, 1.82) is 0 Å². The molecule has 1 aromatic carbocycles. The van der Waals surface area contributed by atoms with Crippen LogP contribution >= 0.6 is 11.8 Å². The second-order valence-corrected chi connectivity index (χ2v) is 5.95. The molecule has 0 aromatic heterocycles. The molecule has 0 radical (unpaired) electrons. The van der Waals surface area contributed by atoms with Gasteiger partial charge in [0.15, 0.2) is 0 Å². The number of thioether (sulfide) groups is 1. The molecule has 3 atom stereocenters. The van der Waals surface area contributed by atoms with E-state index in [4.69, 9.17) is 5.73 Å². The fourth-order valence-corrected chi connectivity index (χ4v) is 2.63. The van der Waals surface area contributed by atoms with Gasteiger partial charge in [-0.2, -0.15) is 11.8 Å². The predicted octanol–water partition coefficient (Wildman–Crippen LogP) is 1.70. The maximum atomic E-state index is 11.9. The summed E-state index contributed by atoms with van der Waals surface area (Å²) in [6.45, 7) is 1.97. The van der Waals surface area contributed by atoms with Gasteiger partial charge in [0, 0.05) is 23.8 Å². The highest BCUT2D eigenvalue weighted by molar-refractivity contribution is 7.99. The van der Waals surface area contributed by atoms with Gasteiger partial charge in [-0.25, -0.2) is 0 Å². The summed E-state index contributed by atoms with van der Waals surface area (Å²) < 4.78 is 0. The summed E-state index contributed by atoms with van der Waals surface area (Å²) in [7, 11) is 0. The normalized spacial score (nSPS) is 15.4. The highest BCUT2D eigenvalue weighted by atomic mass is 32.2. The van der Waals surface area contributed by atoms with Gasteiger partial charge in [0.2, 0.25) is 5.91 Å². The molecular formula is C15H24N2O2S. The topological polar surface area (TPSA) is 75.3 Å². The van der Waals surface area contributed by atoms with Crippen molar-refractivity contribution >= 4 is 17.7 Å². The first kappa shape index (κ1) is 17.0. The lowest BCUT2D eigenvalue weighted by Crippen LogP contribution is -2.41. The molecule has 3 unspecified atom stereocenters. The summed E-state index contributed by atoms with van der Waals surface area (Å²) in [4.78, 5) is 11.9. The van der Waals surface area contributed by atoms with Crippen LogP contribution in [-0.2, 0) is 4.79 Å². The molecule has 4 nitrogen and oxygen atoms in total. The number of amides is 1. The van der Waals surface area contributed by atoms with Crippen LogP contribution in [0.4, 0.5) is 0 Å². The van der Waals surface area contributed by atoms with Gasteiger partial charge in [-0.15, -0.1) is 0 Å². The summed E-state index contributed by atoms with van der Waals surface area (Å²) >= 11 is 1.55. The second-order valence-electron chi connectivity index (χ2n) is 4.87. The Bertz CT molecular complexity index is 396. The first-order valence-corrected chi connectivity index (χ1v) is 8.10. The van der Waals surface area contributed by atoms with Crippen LogP contribution in [0.5, 0.6) is 0 Å². The maximum absolute atomic E-state index is 11.9. The lowest BCUT2D eigenvalue weighted by Gasteiger charge is -2.21. The molecule has 4 N–H and O–H groups in total. The molecule has 0 aliphatic carbocycles. The molecule has 0 aliphatic heterocycles. The van der Waals surface area contributed by atoms with Crippen molar-refractivity contribution in [2.24, 2.45) is 5.73 Å². The van der Waals surface area contributed by atoms with Crippen molar-refractivity contribution in [2.75, 3.05) is 12.9 Å². The smallest absolute Gasteiger partial charge is 0.220 e. The molecule has 0 saturated carbocycles. The average molecular weight is 296 g/mol. The number of rotatable bonds is 8. The van der Waals surface area contributed by atoms with Gasteiger partial charge in [0.25, 0.3) is 0 Å². The third kappa shape index (κ3) is 5.53. The van der Waals surface area contributed by atoms with Crippen LogP contribution in [0.2, 0.25) is 0 Å². The van der Waals surface area contributed by atoms with Crippen LogP contribution in [-0.4, -0.2) is 35.2 Å². The van der Waals surface area contributed by atoms with Crippen molar-refractivity contribution in [3.63, 3.8) is 0 Å². The van der Waals surface area contributed by atoms with E-state index in [1.165, 1.54) is 0 Å². The Morgan fingerprint density at radius 1 is 1.40 bits per heavy atom. The molecule has 0 spiro atoms. The van der Waals surface area contributed by atoms with Crippen LogP contribution < -0.4 is 11.1 Å². The van der Waals surface area contributed by atoms with E-state index in [9.17, 15) is 9.90 Å². The first-order valence-electron chi connectivity index (χ1n) is 6.82. The van der Waals surface area contributed by atoms with Crippen LogP contribution in [0.25, 0.3) is 0 Å². The van der Waals surface area contributed by atoms with E-state index in [-0.39, 0.29) is 29.8 Å². The lowest BCUT2D eigenvalue weighted by atomic mass is 10.0. The molecule has 20 heavy (non-hydrogen) atoms. The summed E-state index contributed by atoms with van der Waals surface area (Å²) in [6.07, 6.45) is 2.94. The summed E-state index contributed by atoms with van der Waals surface area (Å²) in [5, 5.41) is 12.1. The van der Waals surface area contributed by atoms with E-state index in [0.717, 1.165) is 5.56 Å². The lowest BCUT2D eigenvalue weighted by molar-refractivity contribution is -0.121. The summed E-state index contributed by atoms with van der Waals surface area (Å²) in [6, 6.07) is 9.62. The number of nitrogens with two attached hydrogens (primary N) is 1. The number of nitrogens with one attached hydrogen (secondary N) is 1. The fraction of sp³-hybridized carbons (Fsp3) is 0.533. The van der Waals surface area contributed by atoms with Crippen LogP contribution in [0.3, 0.4) is 0 Å². The van der Waals surface area contributed by atoms with Gasteiger partial charge in [0.05, 0.1) is 6.61 Å². The van der Waals surface area contributed by atoms with Crippen molar-refractivity contribution in [2.45, 2.75) is 37.1 Å². The van der Waals surface area contributed by atoms with Gasteiger partial charge in [-0.3, -0.25) is 4.79 Å². The van der Waals surface area contributed by atoms with Gasteiger partial charge >= 0.3 is 0 Å². The van der Waals surface area contributed by atoms with E-state index in [1.54, 1.807) is 11.8 Å². The molecule has 0 saturated heterocycles. The first-order chi connectivity index (χ1) is 9.58. The average Bonchev–Trinajstić information content (AvgIpc) is 2.47. The predicted molar refractivity (Wildman–Crippen MR) is 84.6 cm³/mol. The van der Waals surface area contributed by atoms with Crippen molar-refractivity contribution < 1.29 is 9.90 Å². The highest BCUT2D eigenvalue weighted by Gasteiger charge is 2.17. The van der Waals surface area contributed by atoms with Gasteiger partial charge < -0.3 is 16.2 Å². The third-order valence-electron chi connectivity index (χ3n) is 3.34. The van der Waals surface area contributed by atoms with Crippen LogP contribution in [0.1, 0.15) is 31.4 Å². The Labute approximate surface area is 125 Å². The Balaban J connectivity index is 2.36. The molecule has 5 heteroatoms. The minimum atomic E-state index is -0.119. The number of aliphatic hydroxyl groups excluding tert-OH is 1. The van der Waals surface area contributed by atoms with E-state index < -0.39 is 0 Å². The zero-order chi connectivity index (χ0) is 15.0. The van der Waals surface area contributed by atoms with E-state index in [0.29, 0.717) is 12.8 Å². The Kier molecular flexibility index (Phi) is 7.65. The number of carbonyl (C=O) groups is 1. The van der Waals surface area contributed by atoms with Crippen molar-refractivity contribution in [3.05, 3.63) is 35.9 Å². The number of benzene rings is 1. The van der Waals surface area contributed by atoms with Gasteiger partial charge in [-0.05, 0) is 25.2 Å². The standard InChI is InChI=1S/C15H24N2O2S/c1-11(14(10-18)20-2)17-15(19)9-8-13(16)12-6-4-3-5-7-12/h3-7,11,13-14,18H,8-10,16H2,1-2H3,(H,17,19). The van der Waals surface area contributed by atoms with E-state index >= 15 is 0 Å². The molecule has 0 aliphatic rings. The van der Waals surface area contributed by atoms with Crippen molar-refractivity contribution in [1.82, 2.24) is 5.32 Å². The Hall–Kier alpha value is -1.04. The highest BCUT2D eigenvalue weighted by Crippen LogP contribution is 2.15. The summed E-state index contributed by atoms with van der Waals surface area (Å²) in [5.41, 5.74) is 7.11. The molecule has 1 aromatic rings. The number of hydrogen-bond donors (Lipinski definition) is 3. The molecule has 0 bridgehead atoms. The SMILES string of the molecule is CSC(CO)C(C)NC(=O)CCC(N)c1ccccc1. The number of aliphatic hydroxyl groups is 1. The molecule has 112 valence electrons. The summed E-state index contributed by atoms with van der Waals surface area (Å²) in [5.74, 6) is -0.0172. The van der Waals surface area contributed by atoms with Crippen molar-refractivity contribution in [3.8, 4) is 0 Å². The molecule has 0 fully saturated rings. The van der Waals surface area contributed by atoms with E-state index in [2.05, 4.69) is 5.32 Å². The van der Waals surface area contributed by atoms with Crippen LogP contribution in [0, 0.1) is 0 Å². The molecule has 1 rings (SSSR count). The zero-order valence-electron chi connectivity index (χ0n) is 12.1. The Morgan fingerprint density at radius 3 is 2.60 bits per heavy atom. The van der Waals surface area contributed by atoms with Crippen LogP contribution in [0.15, 0.2) is 30.3 Å². The molecule has 0 heterocycles. The minimum absolute atomic E-state index is 0.0172. The largest absolute Gasteiger partial charge is 0.395 e. The quantitative estimate of drug-likeness (QED) is 0.682. The van der Waals surface area contributed by atoms with Gasteiger partial charge in [-0.1, -0.05) is 30.3 Å². The second kappa shape index (κ2) is 9.00. The van der Waals surface area contributed by atoms with Gasteiger partial charge in [0.1, 0.15) is 0 Å².